The Morgan fingerprint density at radius 3 is 2.57 bits per heavy atom. The molecular formula is C24H23FN2O2S. The molecule has 4 nitrogen and oxygen atoms in total. The number of carbonyl (C=O) groups excluding carboxylic acids is 2. The van der Waals surface area contributed by atoms with Crippen molar-refractivity contribution in [1.82, 2.24) is 4.90 Å². The van der Waals surface area contributed by atoms with Gasteiger partial charge in [-0.25, -0.2) is 4.39 Å². The Morgan fingerprint density at radius 1 is 1.07 bits per heavy atom. The third-order valence-electron chi connectivity index (χ3n) is 5.34. The SMILES string of the molecule is Cc1ccc(C(=O)N2CCC[C@@H](C(=O)Nc3ccc(-c4cccc(F)c4)cc3)C2)s1. The van der Waals surface area contributed by atoms with Crippen molar-refractivity contribution in [3.63, 3.8) is 0 Å². The lowest BCUT2D eigenvalue weighted by Gasteiger charge is -2.31. The molecule has 1 aliphatic heterocycles. The van der Waals surface area contributed by atoms with Gasteiger partial charge in [0.05, 0.1) is 10.8 Å². The highest BCUT2D eigenvalue weighted by molar-refractivity contribution is 7.13. The van der Waals surface area contributed by atoms with Crippen molar-refractivity contribution in [2.24, 2.45) is 5.92 Å². The first kappa shape index (κ1) is 20.3. The Kier molecular flexibility index (Phi) is 5.95. The van der Waals surface area contributed by atoms with Gasteiger partial charge < -0.3 is 10.2 Å². The van der Waals surface area contributed by atoms with E-state index in [0.717, 1.165) is 33.7 Å². The Bertz CT molecular complexity index is 1060. The van der Waals surface area contributed by atoms with E-state index < -0.39 is 0 Å². The Labute approximate surface area is 179 Å². The van der Waals surface area contributed by atoms with Crippen molar-refractivity contribution in [2.75, 3.05) is 18.4 Å². The predicted octanol–water partition coefficient (Wildman–Crippen LogP) is 5.35. The number of likely N-dealkylation sites (tertiary alicyclic amines) is 1. The van der Waals surface area contributed by atoms with Crippen LogP contribution in [0.15, 0.2) is 60.7 Å². The Hall–Kier alpha value is -2.99. The van der Waals surface area contributed by atoms with Crippen LogP contribution in [-0.2, 0) is 4.79 Å². The summed E-state index contributed by atoms with van der Waals surface area (Å²) in [7, 11) is 0. The molecule has 1 saturated heterocycles. The fraction of sp³-hybridized carbons (Fsp3) is 0.250. The van der Waals surface area contributed by atoms with Crippen LogP contribution in [0.25, 0.3) is 11.1 Å². The molecule has 1 fully saturated rings. The van der Waals surface area contributed by atoms with E-state index in [-0.39, 0.29) is 23.5 Å². The van der Waals surface area contributed by atoms with Crippen LogP contribution < -0.4 is 5.32 Å². The molecule has 6 heteroatoms. The van der Waals surface area contributed by atoms with Gasteiger partial charge in [0.1, 0.15) is 5.82 Å². The van der Waals surface area contributed by atoms with Crippen molar-refractivity contribution in [3.05, 3.63) is 76.2 Å². The Morgan fingerprint density at radius 2 is 1.87 bits per heavy atom. The number of piperidine rings is 1. The molecule has 30 heavy (non-hydrogen) atoms. The van der Waals surface area contributed by atoms with E-state index in [1.807, 2.05) is 49.4 Å². The highest BCUT2D eigenvalue weighted by Crippen LogP contribution is 2.25. The number of amides is 2. The zero-order chi connectivity index (χ0) is 21.1. The van der Waals surface area contributed by atoms with E-state index in [4.69, 9.17) is 0 Å². The average molecular weight is 423 g/mol. The lowest BCUT2D eigenvalue weighted by atomic mass is 9.96. The Balaban J connectivity index is 1.39. The minimum atomic E-state index is -0.279. The van der Waals surface area contributed by atoms with E-state index in [9.17, 15) is 14.0 Å². The quantitative estimate of drug-likeness (QED) is 0.616. The molecule has 3 aromatic rings. The molecule has 0 radical (unpaired) electrons. The van der Waals surface area contributed by atoms with Crippen molar-refractivity contribution in [1.29, 1.82) is 0 Å². The van der Waals surface area contributed by atoms with Gasteiger partial charge in [0.15, 0.2) is 0 Å². The summed E-state index contributed by atoms with van der Waals surface area (Å²) in [6, 6.07) is 17.6. The van der Waals surface area contributed by atoms with Gasteiger partial charge >= 0.3 is 0 Å². The molecule has 1 aromatic heterocycles. The van der Waals surface area contributed by atoms with Crippen molar-refractivity contribution in [3.8, 4) is 11.1 Å². The maximum Gasteiger partial charge on any atom is 0.263 e. The molecule has 1 atom stereocenters. The van der Waals surface area contributed by atoms with Crippen LogP contribution in [0.4, 0.5) is 10.1 Å². The number of nitrogens with zero attached hydrogens (tertiary/aromatic N) is 1. The third-order valence-corrected chi connectivity index (χ3v) is 6.33. The summed E-state index contributed by atoms with van der Waals surface area (Å²) in [4.78, 5) is 29.1. The second-order valence-electron chi connectivity index (χ2n) is 7.58. The van der Waals surface area contributed by atoms with E-state index >= 15 is 0 Å². The largest absolute Gasteiger partial charge is 0.337 e. The fourth-order valence-corrected chi connectivity index (χ4v) is 4.57. The molecule has 2 aromatic carbocycles. The van der Waals surface area contributed by atoms with Crippen LogP contribution in [0.1, 0.15) is 27.4 Å². The van der Waals surface area contributed by atoms with Crippen LogP contribution in [0.3, 0.4) is 0 Å². The second kappa shape index (κ2) is 8.79. The number of hydrogen-bond donors (Lipinski definition) is 1. The number of benzene rings is 2. The summed E-state index contributed by atoms with van der Waals surface area (Å²) in [5.41, 5.74) is 2.36. The van der Waals surface area contributed by atoms with E-state index in [0.29, 0.717) is 18.8 Å². The normalized spacial score (nSPS) is 16.3. The maximum absolute atomic E-state index is 13.4. The van der Waals surface area contributed by atoms with Crippen molar-refractivity contribution in [2.45, 2.75) is 19.8 Å². The number of carbonyl (C=O) groups is 2. The summed E-state index contributed by atoms with van der Waals surface area (Å²) in [6.45, 7) is 3.10. The van der Waals surface area contributed by atoms with Crippen LogP contribution in [0, 0.1) is 18.7 Å². The lowest BCUT2D eigenvalue weighted by molar-refractivity contribution is -0.121. The highest BCUT2D eigenvalue weighted by atomic mass is 32.1. The van der Waals surface area contributed by atoms with Crippen LogP contribution in [-0.4, -0.2) is 29.8 Å². The van der Waals surface area contributed by atoms with Crippen molar-refractivity contribution < 1.29 is 14.0 Å². The number of nitrogens with one attached hydrogen (secondary N) is 1. The zero-order valence-electron chi connectivity index (χ0n) is 16.7. The van der Waals surface area contributed by atoms with E-state index in [1.165, 1.54) is 23.5 Å². The summed E-state index contributed by atoms with van der Waals surface area (Å²) < 4.78 is 13.4. The first-order valence-electron chi connectivity index (χ1n) is 10.0. The molecule has 1 N–H and O–H groups in total. The first-order valence-corrected chi connectivity index (χ1v) is 10.8. The molecule has 0 unspecified atom stereocenters. The molecule has 0 bridgehead atoms. The average Bonchev–Trinajstić information content (AvgIpc) is 3.20. The fourth-order valence-electron chi connectivity index (χ4n) is 3.74. The third kappa shape index (κ3) is 4.60. The number of rotatable bonds is 4. The van der Waals surface area contributed by atoms with E-state index in [2.05, 4.69) is 5.32 Å². The minimum absolute atomic E-state index is 0.00467. The van der Waals surface area contributed by atoms with Gasteiger partial charge in [-0.15, -0.1) is 11.3 Å². The molecule has 2 amide bonds. The molecular weight excluding hydrogens is 399 g/mol. The van der Waals surface area contributed by atoms with Gasteiger partial charge in [0.25, 0.3) is 5.91 Å². The van der Waals surface area contributed by atoms with E-state index in [1.54, 1.807) is 11.0 Å². The summed E-state index contributed by atoms with van der Waals surface area (Å²) in [5.74, 6) is -0.580. The summed E-state index contributed by atoms with van der Waals surface area (Å²) >= 11 is 1.49. The van der Waals surface area contributed by atoms with Gasteiger partial charge in [-0.1, -0.05) is 24.3 Å². The van der Waals surface area contributed by atoms with Gasteiger partial charge in [-0.3, -0.25) is 9.59 Å². The highest BCUT2D eigenvalue weighted by Gasteiger charge is 2.29. The lowest BCUT2D eigenvalue weighted by Crippen LogP contribution is -2.43. The number of halogens is 1. The number of hydrogen-bond acceptors (Lipinski definition) is 3. The minimum Gasteiger partial charge on any atom is -0.337 e. The van der Waals surface area contributed by atoms with Gasteiger partial charge in [-0.05, 0) is 67.3 Å². The molecule has 0 aliphatic carbocycles. The van der Waals surface area contributed by atoms with Crippen LogP contribution >= 0.6 is 11.3 Å². The zero-order valence-corrected chi connectivity index (χ0v) is 17.5. The number of anilines is 1. The number of aryl methyl sites for hydroxylation is 1. The molecule has 4 rings (SSSR count). The predicted molar refractivity (Wildman–Crippen MR) is 118 cm³/mol. The van der Waals surface area contributed by atoms with Gasteiger partial charge in [0.2, 0.25) is 5.91 Å². The smallest absolute Gasteiger partial charge is 0.263 e. The summed E-state index contributed by atoms with van der Waals surface area (Å²) in [6.07, 6.45) is 1.58. The first-order chi connectivity index (χ1) is 14.5. The molecule has 0 spiro atoms. The molecule has 2 heterocycles. The van der Waals surface area contributed by atoms with Crippen molar-refractivity contribution >= 4 is 28.8 Å². The molecule has 154 valence electrons. The molecule has 0 saturated carbocycles. The van der Waals surface area contributed by atoms with Crippen LogP contribution in [0.5, 0.6) is 0 Å². The van der Waals surface area contributed by atoms with Gasteiger partial charge in [-0.2, -0.15) is 0 Å². The standard InChI is InChI=1S/C24H23FN2O2S/c1-16-7-12-22(30-16)24(29)27-13-3-5-19(15-27)23(28)26-21-10-8-17(9-11-21)18-4-2-6-20(25)14-18/h2,4,6-12,14,19H,3,5,13,15H2,1H3,(H,26,28)/t19-/m1/s1. The number of thiophene rings is 1. The summed E-state index contributed by atoms with van der Waals surface area (Å²) in [5, 5.41) is 2.96. The topological polar surface area (TPSA) is 49.4 Å². The second-order valence-corrected chi connectivity index (χ2v) is 8.87. The van der Waals surface area contributed by atoms with Crippen LogP contribution in [0.2, 0.25) is 0 Å². The molecule has 1 aliphatic rings. The monoisotopic (exact) mass is 422 g/mol. The maximum atomic E-state index is 13.4. The van der Waals surface area contributed by atoms with Gasteiger partial charge in [0, 0.05) is 23.7 Å².